The first-order valence-electron chi connectivity index (χ1n) is 19.5. The van der Waals surface area contributed by atoms with Gasteiger partial charge in [-0.05, 0) is 41.5 Å². The van der Waals surface area contributed by atoms with Gasteiger partial charge in [-0.2, -0.15) is 0 Å². The summed E-state index contributed by atoms with van der Waals surface area (Å²) < 4.78 is 0. The standard InChI is InChI=1S/2C22H26N4O2S2.Na/c2*1-4-25(21(29)17-12-8-6-9-13-17)23-19(27)16(3)20(28)24-26(5-2)22(30)18-14-10-7-11-15-18;/h2*6-16H,4-5H2,1-3H3,(H,23,27)(H,24,28);/q;;+1. The number of nitrogens with one attached hydrogen (secondary N) is 4. The summed E-state index contributed by atoms with van der Waals surface area (Å²) in [6.45, 7) is 12.4. The molecule has 0 atom stereocenters. The van der Waals surface area contributed by atoms with Crippen LogP contribution in [0.2, 0.25) is 0 Å². The van der Waals surface area contributed by atoms with Gasteiger partial charge >= 0.3 is 29.6 Å². The van der Waals surface area contributed by atoms with Crippen molar-refractivity contribution in [3.63, 3.8) is 0 Å². The molecule has 0 radical (unpaired) electrons. The largest absolute Gasteiger partial charge is 1.00 e. The average Bonchev–Trinajstić information content (AvgIpc) is 3.30. The molecule has 61 heavy (non-hydrogen) atoms. The smallest absolute Gasteiger partial charge is 0.274 e. The predicted molar refractivity (Wildman–Crippen MR) is 253 cm³/mol. The third-order valence-electron chi connectivity index (χ3n) is 8.88. The van der Waals surface area contributed by atoms with Gasteiger partial charge in [-0.15, -0.1) is 0 Å². The van der Waals surface area contributed by atoms with Crippen molar-refractivity contribution in [2.24, 2.45) is 11.8 Å². The summed E-state index contributed by atoms with van der Waals surface area (Å²) in [5.41, 5.74) is 14.2. The zero-order valence-corrected chi connectivity index (χ0v) is 40.9. The summed E-state index contributed by atoms with van der Waals surface area (Å²) in [4.78, 5) is 52.6. The van der Waals surface area contributed by atoms with E-state index in [1.165, 1.54) is 0 Å². The molecule has 0 aliphatic carbocycles. The molecule has 4 aromatic rings. The summed E-state index contributed by atoms with van der Waals surface area (Å²) in [7, 11) is 0. The number of carbonyl (C=O) groups excluding carboxylic acids is 4. The fourth-order valence-corrected chi connectivity index (χ4v) is 6.44. The minimum absolute atomic E-state index is 0. The Kier molecular flexibility index (Phi) is 23.5. The van der Waals surface area contributed by atoms with E-state index in [0.717, 1.165) is 22.3 Å². The molecule has 17 heteroatoms. The first-order chi connectivity index (χ1) is 28.8. The van der Waals surface area contributed by atoms with Crippen LogP contribution in [0.3, 0.4) is 0 Å². The van der Waals surface area contributed by atoms with Crippen molar-refractivity contribution >= 4 is 92.5 Å². The van der Waals surface area contributed by atoms with Crippen molar-refractivity contribution in [3.8, 4) is 0 Å². The molecule has 0 saturated heterocycles. The molecule has 4 N–H and O–H groups in total. The Bertz CT molecular complexity index is 1790. The van der Waals surface area contributed by atoms with Crippen LogP contribution in [0.5, 0.6) is 0 Å². The summed E-state index contributed by atoms with van der Waals surface area (Å²) >= 11 is 21.9. The number of amides is 4. The fourth-order valence-electron chi connectivity index (χ4n) is 5.20. The second-order valence-corrected chi connectivity index (χ2v) is 14.6. The number of rotatable bonds is 12. The second-order valence-electron chi connectivity index (χ2n) is 13.0. The molecule has 0 spiro atoms. The van der Waals surface area contributed by atoms with Gasteiger partial charge in [0.15, 0.2) is 0 Å². The Labute approximate surface area is 403 Å². The third kappa shape index (κ3) is 15.9. The van der Waals surface area contributed by atoms with Crippen LogP contribution in [0.25, 0.3) is 0 Å². The van der Waals surface area contributed by atoms with Crippen molar-refractivity contribution in [2.45, 2.75) is 41.5 Å². The quantitative estimate of drug-likeness (QED) is 0.0723. The van der Waals surface area contributed by atoms with Crippen LogP contribution in [0.15, 0.2) is 121 Å². The normalized spacial score (nSPS) is 10.1. The molecule has 0 saturated carbocycles. The van der Waals surface area contributed by atoms with Gasteiger partial charge in [-0.1, -0.05) is 170 Å². The van der Waals surface area contributed by atoms with E-state index in [4.69, 9.17) is 48.9 Å². The van der Waals surface area contributed by atoms with Crippen LogP contribution in [-0.4, -0.2) is 89.8 Å². The SMILES string of the molecule is CCN(NC(=O)C(C)C(=O)NN(CC)C(=S)c1ccccc1)C(=S)c1ccccc1.CCN(NC(=O)C(C)C(=O)NN(CC)C(=S)c1ccccc1)C(=S)c1ccccc1.[Na+]. The number of hydrogen-bond donors (Lipinski definition) is 4. The van der Waals surface area contributed by atoms with Crippen LogP contribution in [0.4, 0.5) is 0 Å². The van der Waals surface area contributed by atoms with E-state index in [2.05, 4.69) is 21.7 Å². The van der Waals surface area contributed by atoms with Crippen molar-refractivity contribution in [3.05, 3.63) is 144 Å². The molecular weight excluding hydrogens is 856 g/mol. The Balaban J connectivity index is 0.000000413. The maximum absolute atomic E-state index is 12.7. The second kappa shape index (κ2) is 27.3. The fraction of sp³-hybridized carbons (Fsp3) is 0.273. The van der Waals surface area contributed by atoms with E-state index in [9.17, 15) is 19.2 Å². The van der Waals surface area contributed by atoms with E-state index in [1.54, 1.807) is 33.9 Å². The minimum atomic E-state index is -0.940. The van der Waals surface area contributed by atoms with Crippen LogP contribution in [-0.2, 0) is 19.2 Å². The first kappa shape index (κ1) is 52.5. The molecule has 4 rings (SSSR count). The number of carbonyl (C=O) groups is 4. The molecule has 4 aromatic carbocycles. The number of thiocarbonyl (C=S) groups is 4. The zero-order chi connectivity index (χ0) is 44.2. The first-order valence-corrected chi connectivity index (χ1v) is 21.1. The summed E-state index contributed by atoms with van der Waals surface area (Å²) in [5.74, 6) is -3.68. The van der Waals surface area contributed by atoms with Gasteiger partial charge < -0.3 is 0 Å². The van der Waals surface area contributed by atoms with Crippen molar-refractivity contribution in [2.75, 3.05) is 26.2 Å². The summed E-state index contributed by atoms with van der Waals surface area (Å²) in [6.07, 6.45) is 0. The Hall–Kier alpha value is -4.68. The van der Waals surface area contributed by atoms with Gasteiger partial charge in [-0.3, -0.25) is 60.9 Å². The molecule has 4 amide bonds. The maximum Gasteiger partial charge on any atom is 1.00 e. The van der Waals surface area contributed by atoms with E-state index < -0.39 is 35.5 Å². The number of hydrogen-bond acceptors (Lipinski definition) is 8. The topological polar surface area (TPSA) is 129 Å². The Morgan fingerprint density at radius 1 is 0.393 bits per heavy atom. The number of nitrogens with zero attached hydrogens (tertiary/aromatic N) is 4. The van der Waals surface area contributed by atoms with Gasteiger partial charge in [0.1, 0.15) is 31.8 Å². The summed E-state index contributed by atoms with van der Waals surface area (Å²) in [6, 6.07) is 37.6. The molecule has 316 valence electrons. The summed E-state index contributed by atoms with van der Waals surface area (Å²) in [5, 5.41) is 6.23. The molecule has 0 fully saturated rings. The Morgan fingerprint density at radius 3 is 0.705 bits per heavy atom. The van der Waals surface area contributed by atoms with Crippen LogP contribution < -0.4 is 51.3 Å². The Morgan fingerprint density at radius 2 is 0.557 bits per heavy atom. The number of hydrazine groups is 4. The van der Waals surface area contributed by atoms with Crippen molar-refractivity contribution in [1.29, 1.82) is 0 Å². The molecule has 0 unspecified atom stereocenters. The van der Waals surface area contributed by atoms with Gasteiger partial charge in [0, 0.05) is 48.4 Å². The third-order valence-corrected chi connectivity index (χ3v) is 10.7. The molecule has 0 heterocycles. The van der Waals surface area contributed by atoms with Gasteiger partial charge in [0.25, 0.3) is 23.6 Å². The van der Waals surface area contributed by atoms with Crippen LogP contribution in [0, 0.1) is 11.8 Å². The molecule has 0 aliphatic heterocycles. The average molecular weight is 908 g/mol. The number of benzene rings is 4. The monoisotopic (exact) mass is 907 g/mol. The van der Waals surface area contributed by atoms with E-state index in [1.807, 2.05) is 149 Å². The maximum atomic E-state index is 12.7. The van der Waals surface area contributed by atoms with Crippen LogP contribution >= 0.6 is 48.9 Å². The van der Waals surface area contributed by atoms with Crippen molar-refractivity contribution in [1.82, 2.24) is 41.7 Å². The van der Waals surface area contributed by atoms with E-state index in [0.29, 0.717) is 46.1 Å². The van der Waals surface area contributed by atoms with Crippen LogP contribution in [0.1, 0.15) is 63.8 Å². The van der Waals surface area contributed by atoms with E-state index >= 15 is 0 Å². The molecule has 12 nitrogen and oxygen atoms in total. The van der Waals surface area contributed by atoms with Gasteiger partial charge in [0.2, 0.25) is 0 Å². The zero-order valence-electron chi connectivity index (χ0n) is 35.6. The van der Waals surface area contributed by atoms with Crippen molar-refractivity contribution < 1.29 is 48.7 Å². The molecule has 0 bridgehead atoms. The predicted octanol–water partition coefficient (Wildman–Crippen LogP) is 3.16. The minimum Gasteiger partial charge on any atom is -0.274 e. The van der Waals surface area contributed by atoms with Gasteiger partial charge in [0.05, 0.1) is 0 Å². The molecule has 0 aliphatic rings. The molecular formula is C44H52N8NaO4S4+. The van der Waals surface area contributed by atoms with E-state index in [-0.39, 0.29) is 29.6 Å². The van der Waals surface area contributed by atoms with Gasteiger partial charge in [-0.25, -0.2) is 0 Å². The molecule has 0 aromatic heterocycles.